The lowest BCUT2D eigenvalue weighted by molar-refractivity contribution is -0.130. The predicted molar refractivity (Wildman–Crippen MR) is 99.9 cm³/mol. The van der Waals surface area contributed by atoms with Crippen LogP contribution in [0.2, 0.25) is 0 Å². The number of rotatable bonds is 4. The van der Waals surface area contributed by atoms with Crippen LogP contribution in [-0.4, -0.2) is 20.9 Å². The smallest absolute Gasteiger partial charge is 0.290 e. The lowest BCUT2D eigenvalue weighted by Crippen LogP contribution is -2.30. The van der Waals surface area contributed by atoms with E-state index < -0.39 is 17.8 Å². The Hall–Kier alpha value is -3.47. The zero-order valence-corrected chi connectivity index (χ0v) is 14.4. The van der Waals surface area contributed by atoms with Gasteiger partial charge in [0, 0.05) is 30.1 Å². The SMILES string of the molecule is O=C1C(O)=C(c2ccccc2)[C@@H](c2ccccc2F)N1Cc1cccnc1. The quantitative estimate of drug-likeness (QED) is 0.756. The number of aromatic nitrogens is 1. The summed E-state index contributed by atoms with van der Waals surface area (Å²) in [7, 11) is 0. The van der Waals surface area contributed by atoms with Crippen LogP contribution in [0.15, 0.2) is 84.9 Å². The third-order valence-electron chi connectivity index (χ3n) is 4.66. The van der Waals surface area contributed by atoms with E-state index in [1.54, 1.807) is 48.8 Å². The summed E-state index contributed by atoms with van der Waals surface area (Å²) in [5.74, 6) is -1.29. The normalized spacial score (nSPS) is 16.9. The molecular weight excluding hydrogens is 343 g/mol. The number of halogens is 1. The lowest BCUT2D eigenvalue weighted by atomic mass is 9.93. The molecule has 1 aliphatic heterocycles. The maximum absolute atomic E-state index is 14.6. The van der Waals surface area contributed by atoms with E-state index in [4.69, 9.17) is 0 Å². The van der Waals surface area contributed by atoms with Crippen molar-refractivity contribution in [1.29, 1.82) is 0 Å². The molecule has 0 unspecified atom stereocenters. The molecule has 2 aromatic carbocycles. The van der Waals surface area contributed by atoms with E-state index in [0.29, 0.717) is 16.7 Å². The Morgan fingerprint density at radius 3 is 2.44 bits per heavy atom. The van der Waals surface area contributed by atoms with Gasteiger partial charge < -0.3 is 10.0 Å². The highest BCUT2D eigenvalue weighted by Gasteiger charge is 2.41. The van der Waals surface area contributed by atoms with E-state index in [-0.39, 0.29) is 12.3 Å². The van der Waals surface area contributed by atoms with Gasteiger partial charge in [-0.15, -0.1) is 0 Å². The van der Waals surface area contributed by atoms with Crippen molar-refractivity contribution in [3.8, 4) is 0 Å². The first kappa shape index (κ1) is 17.0. The first-order valence-electron chi connectivity index (χ1n) is 8.59. The molecule has 1 aliphatic rings. The number of carbonyl (C=O) groups is 1. The van der Waals surface area contributed by atoms with Crippen LogP contribution in [0.5, 0.6) is 0 Å². The Bertz CT molecular complexity index is 1000. The van der Waals surface area contributed by atoms with E-state index in [0.717, 1.165) is 5.56 Å². The molecule has 0 aliphatic carbocycles. The molecule has 2 heterocycles. The minimum atomic E-state index is -0.721. The highest BCUT2D eigenvalue weighted by Crippen LogP contribution is 2.44. The van der Waals surface area contributed by atoms with Crippen molar-refractivity contribution >= 4 is 11.5 Å². The lowest BCUT2D eigenvalue weighted by Gasteiger charge is -2.27. The number of nitrogens with zero attached hydrogens (tertiary/aromatic N) is 2. The van der Waals surface area contributed by atoms with Crippen LogP contribution in [-0.2, 0) is 11.3 Å². The van der Waals surface area contributed by atoms with Gasteiger partial charge in [0.05, 0.1) is 6.04 Å². The van der Waals surface area contributed by atoms with Gasteiger partial charge in [0.25, 0.3) is 5.91 Å². The molecule has 1 amide bonds. The first-order valence-corrected chi connectivity index (χ1v) is 8.59. The second-order valence-electron chi connectivity index (χ2n) is 6.35. The number of hydrogen-bond acceptors (Lipinski definition) is 3. The minimum Gasteiger partial charge on any atom is -0.503 e. The van der Waals surface area contributed by atoms with Crippen molar-refractivity contribution in [2.45, 2.75) is 12.6 Å². The molecule has 1 N–H and O–H groups in total. The average molecular weight is 360 g/mol. The summed E-state index contributed by atoms with van der Waals surface area (Å²) in [5, 5.41) is 10.6. The number of amides is 1. The number of aliphatic hydroxyl groups is 1. The molecule has 0 bridgehead atoms. The van der Waals surface area contributed by atoms with Crippen LogP contribution < -0.4 is 0 Å². The Morgan fingerprint density at radius 1 is 1.00 bits per heavy atom. The summed E-state index contributed by atoms with van der Waals surface area (Å²) in [5.41, 5.74) is 2.24. The highest BCUT2D eigenvalue weighted by atomic mass is 19.1. The van der Waals surface area contributed by atoms with E-state index >= 15 is 0 Å². The maximum atomic E-state index is 14.6. The molecule has 0 saturated heterocycles. The van der Waals surface area contributed by atoms with Crippen molar-refractivity contribution in [3.63, 3.8) is 0 Å². The van der Waals surface area contributed by atoms with Crippen LogP contribution in [0, 0.1) is 5.82 Å². The molecule has 3 aromatic rings. The van der Waals surface area contributed by atoms with Crippen molar-refractivity contribution in [2.75, 3.05) is 0 Å². The first-order chi connectivity index (χ1) is 13.2. The van der Waals surface area contributed by atoms with Crippen LogP contribution in [0.1, 0.15) is 22.7 Å². The zero-order chi connectivity index (χ0) is 18.8. The van der Waals surface area contributed by atoms with Crippen molar-refractivity contribution in [1.82, 2.24) is 9.88 Å². The summed E-state index contributed by atoms with van der Waals surface area (Å²) in [6.07, 6.45) is 3.30. The van der Waals surface area contributed by atoms with E-state index in [1.165, 1.54) is 11.0 Å². The summed E-state index contributed by atoms with van der Waals surface area (Å²) >= 11 is 0. The fourth-order valence-corrected chi connectivity index (χ4v) is 3.44. The van der Waals surface area contributed by atoms with Crippen LogP contribution in [0.3, 0.4) is 0 Å². The largest absolute Gasteiger partial charge is 0.503 e. The standard InChI is InChI=1S/C22H17FN2O2/c23-18-11-5-4-10-17(18)20-19(16-8-2-1-3-9-16)21(26)22(27)25(20)14-15-7-6-12-24-13-15/h1-13,20,26H,14H2/t20-/m1/s1. The predicted octanol–water partition coefficient (Wildman–Crippen LogP) is 4.27. The maximum Gasteiger partial charge on any atom is 0.290 e. The fraction of sp³-hybridized carbons (Fsp3) is 0.0909. The number of carbonyl (C=O) groups excluding carboxylic acids is 1. The Morgan fingerprint density at radius 2 is 1.74 bits per heavy atom. The number of pyridine rings is 1. The third kappa shape index (κ3) is 3.08. The van der Waals surface area contributed by atoms with Gasteiger partial charge in [0.1, 0.15) is 5.82 Å². The van der Waals surface area contributed by atoms with Gasteiger partial charge in [0.15, 0.2) is 5.76 Å². The summed E-state index contributed by atoms with van der Waals surface area (Å²) in [6, 6.07) is 18.3. The Balaban J connectivity index is 1.85. The molecule has 1 aromatic heterocycles. The zero-order valence-electron chi connectivity index (χ0n) is 14.4. The van der Waals surface area contributed by atoms with Crippen LogP contribution in [0.25, 0.3) is 5.57 Å². The van der Waals surface area contributed by atoms with E-state index in [1.807, 2.05) is 24.3 Å². The molecule has 4 rings (SSSR count). The second kappa shape index (κ2) is 7.03. The van der Waals surface area contributed by atoms with Crippen LogP contribution >= 0.6 is 0 Å². The number of hydrogen-bond donors (Lipinski definition) is 1. The number of aliphatic hydroxyl groups excluding tert-OH is 1. The Kier molecular flexibility index (Phi) is 4.42. The van der Waals surface area contributed by atoms with Gasteiger partial charge in [-0.05, 0) is 23.3 Å². The van der Waals surface area contributed by atoms with E-state index in [2.05, 4.69) is 4.98 Å². The van der Waals surface area contributed by atoms with E-state index in [9.17, 15) is 14.3 Å². The topological polar surface area (TPSA) is 53.4 Å². The van der Waals surface area contributed by atoms with Crippen LogP contribution in [0.4, 0.5) is 4.39 Å². The molecule has 0 saturated carbocycles. The summed E-state index contributed by atoms with van der Waals surface area (Å²) in [6.45, 7) is 0.214. The molecule has 134 valence electrons. The molecule has 0 fully saturated rings. The molecule has 5 heteroatoms. The molecule has 4 nitrogen and oxygen atoms in total. The highest BCUT2D eigenvalue weighted by molar-refractivity contribution is 6.05. The average Bonchev–Trinajstić information content (AvgIpc) is 2.95. The fourth-order valence-electron chi connectivity index (χ4n) is 3.44. The minimum absolute atomic E-state index is 0.214. The van der Waals surface area contributed by atoms with Crippen molar-refractivity contribution < 1.29 is 14.3 Å². The van der Waals surface area contributed by atoms with Crippen molar-refractivity contribution in [2.24, 2.45) is 0 Å². The molecule has 27 heavy (non-hydrogen) atoms. The van der Waals surface area contributed by atoms with Gasteiger partial charge in [-0.2, -0.15) is 0 Å². The molecule has 1 atom stereocenters. The van der Waals surface area contributed by atoms with Gasteiger partial charge in [-0.25, -0.2) is 4.39 Å². The van der Waals surface area contributed by atoms with Gasteiger partial charge in [-0.3, -0.25) is 9.78 Å². The van der Waals surface area contributed by atoms with Gasteiger partial charge in [-0.1, -0.05) is 54.6 Å². The number of benzene rings is 2. The summed E-state index contributed by atoms with van der Waals surface area (Å²) in [4.78, 5) is 18.4. The third-order valence-corrected chi connectivity index (χ3v) is 4.66. The molecular formula is C22H17FN2O2. The monoisotopic (exact) mass is 360 g/mol. The molecule has 0 radical (unpaired) electrons. The second-order valence-corrected chi connectivity index (χ2v) is 6.35. The Labute approximate surface area is 156 Å². The van der Waals surface area contributed by atoms with Gasteiger partial charge >= 0.3 is 0 Å². The summed E-state index contributed by atoms with van der Waals surface area (Å²) < 4.78 is 14.6. The van der Waals surface area contributed by atoms with Crippen molar-refractivity contribution in [3.05, 3.63) is 107 Å². The van der Waals surface area contributed by atoms with Gasteiger partial charge in [0.2, 0.25) is 0 Å². The molecule has 0 spiro atoms.